The minimum atomic E-state index is -0.727. The summed E-state index contributed by atoms with van der Waals surface area (Å²) in [6.07, 6.45) is 0.814. The van der Waals surface area contributed by atoms with Gasteiger partial charge in [0.25, 0.3) is 5.91 Å². The van der Waals surface area contributed by atoms with Gasteiger partial charge in [-0.25, -0.2) is 5.43 Å². The van der Waals surface area contributed by atoms with Crippen LogP contribution in [0.25, 0.3) is 0 Å². The van der Waals surface area contributed by atoms with Gasteiger partial charge in [-0.2, -0.15) is 5.10 Å². The minimum absolute atomic E-state index is 0.374. The molecule has 0 saturated heterocycles. The predicted molar refractivity (Wildman–Crippen MR) is 120 cm³/mol. The molecule has 0 heterocycles. The number of halogens is 2. The van der Waals surface area contributed by atoms with Crippen LogP contribution in [0.15, 0.2) is 77.9 Å². The van der Waals surface area contributed by atoms with E-state index in [1.54, 1.807) is 37.4 Å². The molecular formula is C23H20Cl2N2O3. The molecule has 1 N–H and O–H groups in total. The first-order valence-electron chi connectivity index (χ1n) is 9.22. The number of hydrazone groups is 1. The summed E-state index contributed by atoms with van der Waals surface area (Å²) in [7, 11) is 0. The summed E-state index contributed by atoms with van der Waals surface area (Å²) in [4.78, 5) is 12.2. The van der Waals surface area contributed by atoms with E-state index in [0.717, 1.165) is 11.1 Å². The van der Waals surface area contributed by atoms with Crippen molar-refractivity contribution < 1.29 is 14.3 Å². The highest BCUT2D eigenvalue weighted by atomic mass is 35.5. The van der Waals surface area contributed by atoms with Crippen LogP contribution in [0.4, 0.5) is 0 Å². The van der Waals surface area contributed by atoms with E-state index in [2.05, 4.69) is 10.5 Å². The van der Waals surface area contributed by atoms with Crippen LogP contribution in [0.2, 0.25) is 10.0 Å². The van der Waals surface area contributed by atoms with Crippen LogP contribution in [0.3, 0.4) is 0 Å². The molecule has 1 unspecified atom stereocenters. The summed E-state index contributed by atoms with van der Waals surface area (Å²) < 4.78 is 11.4. The van der Waals surface area contributed by atoms with Crippen LogP contribution in [0.5, 0.6) is 11.5 Å². The smallest absolute Gasteiger partial charge is 0.280 e. The van der Waals surface area contributed by atoms with E-state index in [-0.39, 0.29) is 5.91 Å². The molecule has 3 rings (SSSR count). The number of hydrogen-bond acceptors (Lipinski definition) is 4. The van der Waals surface area contributed by atoms with E-state index >= 15 is 0 Å². The summed E-state index contributed by atoms with van der Waals surface area (Å²) >= 11 is 11.8. The van der Waals surface area contributed by atoms with Crippen molar-refractivity contribution in [2.24, 2.45) is 5.10 Å². The van der Waals surface area contributed by atoms with Gasteiger partial charge in [0.15, 0.2) is 6.10 Å². The highest BCUT2D eigenvalue weighted by molar-refractivity contribution is 6.30. The van der Waals surface area contributed by atoms with Gasteiger partial charge in [0.1, 0.15) is 18.1 Å². The molecule has 0 radical (unpaired) electrons. The third kappa shape index (κ3) is 6.79. The van der Waals surface area contributed by atoms with Crippen molar-refractivity contribution in [3.05, 3.63) is 94.0 Å². The lowest BCUT2D eigenvalue weighted by molar-refractivity contribution is -0.127. The first-order valence-corrected chi connectivity index (χ1v) is 9.97. The average Bonchev–Trinajstić information content (AvgIpc) is 2.73. The molecule has 30 heavy (non-hydrogen) atoms. The maximum Gasteiger partial charge on any atom is 0.280 e. The van der Waals surface area contributed by atoms with Gasteiger partial charge in [0.05, 0.1) is 6.21 Å². The van der Waals surface area contributed by atoms with Gasteiger partial charge in [-0.15, -0.1) is 0 Å². The average molecular weight is 443 g/mol. The quantitative estimate of drug-likeness (QED) is 0.370. The van der Waals surface area contributed by atoms with Gasteiger partial charge in [-0.05, 0) is 60.5 Å². The van der Waals surface area contributed by atoms with E-state index in [9.17, 15) is 4.79 Å². The van der Waals surface area contributed by atoms with Crippen LogP contribution in [-0.4, -0.2) is 18.2 Å². The third-order valence-electron chi connectivity index (χ3n) is 4.04. The third-order valence-corrected chi connectivity index (χ3v) is 4.53. The van der Waals surface area contributed by atoms with E-state index in [1.807, 2.05) is 48.5 Å². The number of rotatable bonds is 8. The number of ether oxygens (including phenoxy) is 2. The first kappa shape index (κ1) is 21.7. The van der Waals surface area contributed by atoms with Crippen LogP contribution >= 0.6 is 23.2 Å². The molecule has 5 nitrogen and oxygen atoms in total. The Hall–Kier alpha value is -3.02. The molecule has 0 aliphatic carbocycles. The van der Waals surface area contributed by atoms with Crippen LogP contribution in [0, 0.1) is 0 Å². The molecule has 7 heteroatoms. The Bertz CT molecular complexity index is 1020. The van der Waals surface area contributed by atoms with Crippen LogP contribution in [-0.2, 0) is 11.4 Å². The zero-order valence-corrected chi connectivity index (χ0v) is 17.7. The van der Waals surface area contributed by atoms with Crippen molar-refractivity contribution in [1.82, 2.24) is 5.43 Å². The predicted octanol–water partition coefficient (Wildman–Crippen LogP) is 5.49. The maximum atomic E-state index is 12.2. The Balaban J connectivity index is 1.51. The summed E-state index contributed by atoms with van der Waals surface area (Å²) in [5.41, 5.74) is 4.27. The van der Waals surface area contributed by atoms with E-state index in [1.165, 1.54) is 0 Å². The number of benzene rings is 3. The molecule has 3 aromatic rings. The Morgan fingerprint density at radius 3 is 2.50 bits per heavy atom. The Labute approximate surface area is 185 Å². The summed E-state index contributed by atoms with van der Waals surface area (Å²) in [6, 6.07) is 21.7. The molecule has 0 aliphatic heterocycles. The van der Waals surface area contributed by atoms with E-state index in [4.69, 9.17) is 32.7 Å². The normalized spacial score (nSPS) is 11.8. The van der Waals surface area contributed by atoms with Gasteiger partial charge >= 0.3 is 0 Å². The second kappa shape index (κ2) is 10.7. The molecule has 3 aromatic carbocycles. The fourth-order valence-corrected chi connectivity index (χ4v) is 2.80. The highest BCUT2D eigenvalue weighted by Crippen LogP contribution is 2.18. The first-order chi connectivity index (χ1) is 14.5. The van der Waals surface area contributed by atoms with Crippen LogP contribution in [0.1, 0.15) is 18.1 Å². The Morgan fingerprint density at radius 1 is 1.00 bits per heavy atom. The van der Waals surface area contributed by atoms with Gasteiger partial charge in [0.2, 0.25) is 0 Å². The largest absolute Gasteiger partial charge is 0.489 e. The second-order valence-electron chi connectivity index (χ2n) is 6.44. The van der Waals surface area contributed by atoms with Gasteiger partial charge in [-0.1, -0.05) is 53.5 Å². The number of amides is 1. The molecule has 1 atom stereocenters. The zero-order valence-electron chi connectivity index (χ0n) is 16.2. The summed E-state index contributed by atoms with van der Waals surface area (Å²) in [5.74, 6) is 0.832. The maximum absolute atomic E-state index is 12.2. The Kier molecular flexibility index (Phi) is 7.71. The highest BCUT2D eigenvalue weighted by Gasteiger charge is 2.13. The van der Waals surface area contributed by atoms with Crippen molar-refractivity contribution in [2.45, 2.75) is 19.6 Å². The fourth-order valence-electron chi connectivity index (χ4n) is 2.49. The lowest BCUT2D eigenvalue weighted by Crippen LogP contribution is -2.33. The van der Waals surface area contributed by atoms with Crippen molar-refractivity contribution in [2.75, 3.05) is 0 Å². The molecular weight excluding hydrogens is 423 g/mol. The fraction of sp³-hybridized carbons (Fsp3) is 0.130. The van der Waals surface area contributed by atoms with E-state index < -0.39 is 6.10 Å². The number of nitrogens with one attached hydrogen (secondary N) is 1. The van der Waals surface area contributed by atoms with Gasteiger partial charge < -0.3 is 9.47 Å². The lowest BCUT2D eigenvalue weighted by atomic mass is 10.2. The van der Waals surface area contributed by atoms with Crippen molar-refractivity contribution in [3.63, 3.8) is 0 Å². The summed E-state index contributed by atoms with van der Waals surface area (Å²) in [6.45, 7) is 2.06. The molecule has 0 aromatic heterocycles. The van der Waals surface area contributed by atoms with Crippen LogP contribution < -0.4 is 14.9 Å². The number of nitrogens with zero attached hydrogens (tertiary/aromatic N) is 1. The molecule has 0 spiro atoms. The molecule has 1 amide bonds. The molecule has 0 aliphatic rings. The molecule has 0 bridgehead atoms. The number of hydrogen-bond donors (Lipinski definition) is 1. The zero-order chi connectivity index (χ0) is 21.3. The molecule has 0 saturated carbocycles. The van der Waals surface area contributed by atoms with Gasteiger partial charge in [0, 0.05) is 10.0 Å². The Morgan fingerprint density at radius 2 is 1.73 bits per heavy atom. The SMILES string of the molecule is CC(Oc1cccc(Cl)c1)C(=O)N/N=C/c1cccc(OCc2ccc(Cl)cc2)c1. The lowest BCUT2D eigenvalue weighted by Gasteiger charge is -2.13. The second-order valence-corrected chi connectivity index (χ2v) is 7.31. The summed E-state index contributed by atoms with van der Waals surface area (Å²) in [5, 5.41) is 5.21. The van der Waals surface area contributed by atoms with E-state index in [0.29, 0.717) is 28.2 Å². The van der Waals surface area contributed by atoms with Crippen molar-refractivity contribution >= 4 is 35.3 Å². The monoisotopic (exact) mass is 442 g/mol. The standard InChI is InChI=1S/C23H20Cl2N2O3/c1-16(30-22-7-3-5-20(25)13-22)23(28)27-26-14-18-4-2-6-21(12-18)29-15-17-8-10-19(24)11-9-17/h2-14,16H,15H2,1H3,(H,27,28)/b26-14+. The number of carbonyl (C=O) groups excluding carboxylic acids is 1. The van der Waals surface area contributed by atoms with Crippen molar-refractivity contribution in [1.29, 1.82) is 0 Å². The number of carbonyl (C=O) groups is 1. The minimum Gasteiger partial charge on any atom is -0.489 e. The van der Waals surface area contributed by atoms with Gasteiger partial charge in [-0.3, -0.25) is 4.79 Å². The molecule has 0 fully saturated rings. The van der Waals surface area contributed by atoms with Crippen molar-refractivity contribution in [3.8, 4) is 11.5 Å². The topological polar surface area (TPSA) is 59.9 Å². The molecule has 154 valence electrons.